The predicted molar refractivity (Wildman–Crippen MR) is 107 cm³/mol. The van der Waals surface area contributed by atoms with Crippen molar-refractivity contribution >= 4 is 62.0 Å². The number of rotatable bonds is 5. The summed E-state index contributed by atoms with van der Waals surface area (Å²) in [5.74, 6) is 0.484. The number of Topliss-reactive ketones (excluding diaryl/α,β-unsaturated/α-hetero) is 1. The van der Waals surface area contributed by atoms with E-state index in [0.29, 0.717) is 10.8 Å². The fourth-order valence-electron chi connectivity index (χ4n) is 2.44. The first-order valence-corrected chi connectivity index (χ1v) is 10.5. The molecule has 0 amide bonds. The van der Waals surface area contributed by atoms with Crippen LogP contribution in [0.25, 0.3) is 21.3 Å². The van der Waals surface area contributed by atoms with Crippen LogP contribution in [0.5, 0.6) is 0 Å². The van der Waals surface area contributed by atoms with Gasteiger partial charge in [0.1, 0.15) is 16.2 Å². The Labute approximate surface area is 161 Å². The Morgan fingerprint density at radius 3 is 2.72 bits per heavy atom. The maximum absolute atomic E-state index is 12.3. The second-order valence-corrected chi connectivity index (χ2v) is 8.41. The molecule has 124 valence electrons. The van der Waals surface area contributed by atoms with Crippen molar-refractivity contribution in [3.05, 3.63) is 63.4 Å². The fraction of sp³-hybridized carbons (Fsp3) is 0.0556. The van der Waals surface area contributed by atoms with E-state index in [1.165, 1.54) is 23.1 Å². The third-order valence-electron chi connectivity index (χ3n) is 3.63. The first-order valence-electron chi connectivity index (χ1n) is 7.40. The average Bonchev–Trinajstić information content (AvgIpc) is 3.30. The van der Waals surface area contributed by atoms with E-state index in [-0.39, 0.29) is 5.78 Å². The standard InChI is InChI=1S/C18H11ClN2OS3/c19-12-5-3-11(4-6-12)13-8-24-17-16(13)18(21-10-20-17)25-9-14(22)15-2-1-7-23-15/h1-8,10H,9H2. The highest BCUT2D eigenvalue weighted by Crippen LogP contribution is 2.38. The lowest BCUT2D eigenvalue weighted by Crippen LogP contribution is -2.00. The number of hydrogen-bond donors (Lipinski definition) is 0. The van der Waals surface area contributed by atoms with E-state index in [4.69, 9.17) is 11.6 Å². The summed E-state index contributed by atoms with van der Waals surface area (Å²) < 4.78 is 0. The van der Waals surface area contributed by atoms with Crippen LogP contribution in [0.3, 0.4) is 0 Å². The lowest BCUT2D eigenvalue weighted by atomic mass is 10.1. The van der Waals surface area contributed by atoms with E-state index in [1.807, 2.05) is 41.8 Å². The number of aromatic nitrogens is 2. The lowest BCUT2D eigenvalue weighted by molar-refractivity contribution is 0.102. The van der Waals surface area contributed by atoms with E-state index < -0.39 is 0 Å². The van der Waals surface area contributed by atoms with Gasteiger partial charge < -0.3 is 0 Å². The SMILES string of the molecule is O=C(CSc1ncnc2scc(-c3ccc(Cl)cc3)c12)c1cccs1. The highest BCUT2D eigenvalue weighted by atomic mass is 35.5. The molecule has 25 heavy (non-hydrogen) atoms. The molecule has 0 aliphatic carbocycles. The Morgan fingerprint density at radius 1 is 1.12 bits per heavy atom. The molecule has 0 atom stereocenters. The summed E-state index contributed by atoms with van der Waals surface area (Å²) in [6, 6.07) is 11.5. The zero-order valence-corrected chi connectivity index (χ0v) is 16.0. The molecule has 3 nitrogen and oxygen atoms in total. The van der Waals surface area contributed by atoms with Crippen molar-refractivity contribution in [3.63, 3.8) is 0 Å². The number of thioether (sulfide) groups is 1. The molecule has 3 heterocycles. The van der Waals surface area contributed by atoms with Crippen LogP contribution in [0.1, 0.15) is 9.67 Å². The van der Waals surface area contributed by atoms with Gasteiger partial charge in [0.05, 0.1) is 16.0 Å². The van der Waals surface area contributed by atoms with Crippen LogP contribution in [-0.4, -0.2) is 21.5 Å². The maximum atomic E-state index is 12.3. The smallest absolute Gasteiger partial charge is 0.183 e. The second kappa shape index (κ2) is 7.25. The number of carbonyl (C=O) groups is 1. The molecule has 0 saturated carbocycles. The molecule has 4 aromatic rings. The molecule has 0 fully saturated rings. The second-order valence-electron chi connectivity index (χ2n) is 5.20. The number of benzene rings is 1. The van der Waals surface area contributed by atoms with E-state index in [2.05, 4.69) is 15.3 Å². The molecule has 0 aliphatic rings. The number of carbonyl (C=O) groups excluding carboxylic acids is 1. The quantitative estimate of drug-likeness (QED) is 0.231. The zero-order chi connectivity index (χ0) is 17.2. The third kappa shape index (κ3) is 3.48. The molecule has 0 bridgehead atoms. The molecule has 0 N–H and O–H groups in total. The average molecular weight is 403 g/mol. The first-order chi connectivity index (χ1) is 12.2. The Kier molecular flexibility index (Phi) is 4.85. The minimum Gasteiger partial charge on any atom is -0.292 e. The van der Waals surface area contributed by atoms with Crippen LogP contribution in [0, 0.1) is 0 Å². The Morgan fingerprint density at radius 2 is 1.96 bits per heavy atom. The Bertz CT molecular complexity index is 1030. The topological polar surface area (TPSA) is 42.9 Å². The number of fused-ring (bicyclic) bond motifs is 1. The van der Waals surface area contributed by atoms with Crippen molar-refractivity contribution < 1.29 is 4.79 Å². The largest absolute Gasteiger partial charge is 0.292 e. The first kappa shape index (κ1) is 16.7. The highest BCUT2D eigenvalue weighted by Gasteiger charge is 2.15. The summed E-state index contributed by atoms with van der Waals surface area (Å²) in [4.78, 5) is 22.8. The molecule has 0 radical (unpaired) electrons. The summed E-state index contributed by atoms with van der Waals surface area (Å²) in [5, 5.41) is 6.53. The van der Waals surface area contributed by atoms with Crippen molar-refractivity contribution in [2.45, 2.75) is 5.03 Å². The van der Waals surface area contributed by atoms with Gasteiger partial charge in [-0.25, -0.2) is 9.97 Å². The summed E-state index contributed by atoms with van der Waals surface area (Å²) in [7, 11) is 0. The van der Waals surface area contributed by atoms with Gasteiger partial charge in [0.2, 0.25) is 0 Å². The van der Waals surface area contributed by atoms with Gasteiger partial charge in [-0.3, -0.25) is 4.79 Å². The summed E-state index contributed by atoms with van der Waals surface area (Å²) >= 11 is 10.5. The van der Waals surface area contributed by atoms with E-state index in [0.717, 1.165) is 31.2 Å². The Hall–Kier alpha value is -1.73. The van der Waals surface area contributed by atoms with Gasteiger partial charge in [0, 0.05) is 16.0 Å². The molecule has 3 aromatic heterocycles. The highest BCUT2D eigenvalue weighted by molar-refractivity contribution is 8.00. The van der Waals surface area contributed by atoms with Crippen LogP contribution in [0.2, 0.25) is 5.02 Å². The zero-order valence-electron chi connectivity index (χ0n) is 12.8. The van der Waals surface area contributed by atoms with Crippen LogP contribution >= 0.6 is 46.0 Å². The van der Waals surface area contributed by atoms with Crippen LogP contribution in [-0.2, 0) is 0 Å². The Balaban J connectivity index is 1.68. The molecule has 1 aromatic carbocycles. The van der Waals surface area contributed by atoms with Crippen molar-refractivity contribution in [2.75, 3.05) is 5.75 Å². The monoisotopic (exact) mass is 402 g/mol. The number of thiophene rings is 2. The van der Waals surface area contributed by atoms with E-state index >= 15 is 0 Å². The predicted octanol–water partition coefficient (Wildman–Crippen LogP) is 6.05. The minimum absolute atomic E-state index is 0.120. The van der Waals surface area contributed by atoms with E-state index in [9.17, 15) is 4.79 Å². The molecule has 7 heteroatoms. The van der Waals surface area contributed by atoms with E-state index in [1.54, 1.807) is 17.7 Å². The normalized spacial score (nSPS) is 11.1. The van der Waals surface area contributed by atoms with Crippen LogP contribution < -0.4 is 0 Å². The third-order valence-corrected chi connectivity index (χ3v) is 6.67. The molecule has 0 unspecified atom stereocenters. The molecule has 0 aliphatic heterocycles. The maximum Gasteiger partial charge on any atom is 0.183 e. The van der Waals surface area contributed by atoms with Crippen LogP contribution in [0.15, 0.2) is 58.5 Å². The minimum atomic E-state index is 0.120. The summed E-state index contributed by atoms with van der Waals surface area (Å²) in [6.45, 7) is 0. The van der Waals surface area contributed by atoms with Gasteiger partial charge in [-0.1, -0.05) is 41.6 Å². The number of nitrogens with zero attached hydrogens (tertiary/aromatic N) is 2. The van der Waals surface area contributed by atoms with Gasteiger partial charge in [0.15, 0.2) is 5.78 Å². The lowest BCUT2D eigenvalue weighted by Gasteiger charge is -2.05. The molecular weight excluding hydrogens is 392 g/mol. The van der Waals surface area contributed by atoms with Gasteiger partial charge in [-0.2, -0.15) is 0 Å². The van der Waals surface area contributed by atoms with Crippen molar-refractivity contribution in [2.24, 2.45) is 0 Å². The summed E-state index contributed by atoms with van der Waals surface area (Å²) in [5.41, 5.74) is 2.14. The molecule has 0 spiro atoms. The fourth-order valence-corrected chi connectivity index (χ4v) is 5.20. The van der Waals surface area contributed by atoms with Crippen molar-refractivity contribution in [1.29, 1.82) is 0 Å². The van der Waals surface area contributed by atoms with Crippen LogP contribution in [0.4, 0.5) is 0 Å². The van der Waals surface area contributed by atoms with Gasteiger partial charge in [-0.05, 0) is 29.1 Å². The molecule has 4 rings (SSSR count). The number of halogens is 1. The molecule has 0 saturated heterocycles. The van der Waals surface area contributed by atoms with Gasteiger partial charge in [0.25, 0.3) is 0 Å². The number of hydrogen-bond acceptors (Lipinski definition) is 6. The van der Waals surface area contributed by atoms with Crippen molar-refractivity contribution in [1.82, 2.24) is 9.97 Å². The number of ketones is 1. The molecular formula is C18H11ClN2OS3. The van der Waals surface area contributed by atoms with Crippen molar-refractivity contribution in [3.8, 4) is 11.1 Å². The van der Waals surface area contributed by atoms with Gasteiger partial charge in [-0.15, -0.1) is 22.7 Å². The van der Waals surface area contributed by atoms with Gasteiger partial charge >= 0.3 is 0 Å². The summed E-state index contributed by atoms with van der Waals surface area (Å²) in [6.07, 6.45) is 1.56.